The van der Waals surface area contributed by atoms with Gasteiger partial charge < -0.3 is 21.1 Å². The average Bonchev–Trinajstić information content (AvgIpc) is 2.28. The number of rotatable bonds is 6. The van der Waals surface area contributed by atoms with Gasteiger partial charge in [-0.15, -0.1) is 0 Å². The summed E-state index contributed by atoms with van der Waals surface area (Å²) in [4.78, 5) is 13.3. The van der Waals surface area contributed by atoms with Crippen LogP contribution in [0.25, 0.3) is 0 Å². The number of nitrogens with two attached hydrogens (primary N) is 2. The zero-order valence-corrected chi connectivity index (χ0v) is 10.9. The minimum atomic E-state index is -0.905. The van der Waals surface area contributed by atoms with E-state index in [0.717, 1.165) is 32.7 Å². The van der Waals surface area contributed by atoms with Crippen molar-refractivity contribution in [1.82, 2.24) is 4.90 Å². The molecule has 0 bridgehead atoms. The standard InChI is InChI=1S/C12H25N3O2/c1-12(14,11(13)16)5-6-15(2)8-10-4-3-7-17-9-10/h10H,3-9,14H2,1-2H3,(H2,13,16). The molecule has 1 fully saturated rings. The number of amides is 1. The number of primary amides is 1. The minimum absolute atomic E-state index is 0.438. The Kier molecular flexibility index (Phi) is 5.36. The molecular formula is C12H25N3O2. The first kappa shape index (κ1) is 14.4. The lowest BCUT2D eigenvalue weighted by Gasteiger charge is -2.29. The molecule has 1 heterocycles. The molecule has 0 spiro atoms. The average molecular weight is 243 g/mol. The van der Waals surface area contributed by atoms with Crippen LogP contribution in [0.4, 0.5) is 0 Å². The van der Waals surface area contributed by atoms with Crippen molar-refractivity contribution in [2.45, 2.75) is 31.7 Å². The fourth-order valence-electron chi connectivity index (χ4n) is 2.03. The van der Waals surface area contributed by atoms with Gasteiger partial charge in [-0.2, -0.15) is 0 Å². The first-order chi connectivity index (χ1) is 7.92. The predicted octanol–water partition coefficient (Wildman–Crippen LogP) is -0.0624. The van der Waals surface area contributed by atoms with Gasteiger partial charge in [0.25, 0.3) is 0 Å². The van der Waals surface area contributed by atoms with E-state index in [2.05, 4.69) is 4.90 Å². The number of carbonyl (C=O) groups excluding carboxylic acids is 1. The van der Waals surface area contributed by atoms with Crippen LogP contribution in [0.1, 0.15) is 26.2 Å². The van der Waals surface area contributed by atoms with Crippen molar-refractivity contribution in [2.24, 2.45) is 17.4 Å². The number of hydrogen-bond donors (Lipinski definition) is 2. The van der Waals surface area contributed by atoms with Crippen molar-refractivity contribution >= 4 is 5.91 Å². The third kappa shape index (κ3) is 5.02. The minimum Gasteiger partial charge on any atom is -0.381 e. The maximum Gasteiger partial charge on any atom is 0.237 e. The van der Waals surface area contributed by atoms with Crippen LogP contribution in [-0.2, 0) is 9.53 Å². The first-order valence-corrected chi connectivity index (χ1v) is 6.27. The van der Waals surface area contributed by atoms with Crippen LogP contribution in [0.2, 0.25) is 0 Å². The zero-order valence-electron chi connectivity index (χ0n) is 10.9. The van der Waals surface area contributed by atoms with Crippen molar-refractivity contribution in [3.05, 3.63) is 0 Å². The second-order valence-corrected chi connectivity index (χ2v) is 5.38. The molecule has 0 saturated carbocycles. The van der Waals surface area contributed by atoms with E-state index in [1.54, 1.807) is 6.92 Å². The Bertz CT molecular complexity index is 250. The topological polar surface area (TPSA) is 81.6 Å². The summed E-state index contributed by atoms with van der Waals surface area (Å²) in [6.07, 6.45) is 2.96. The Balaban J connectivity index is 2.24. The summed E-state index contributed by atoms with van der Waals surface area (Å²) in [7, 11) is 2.05. The van der Waals surface area contributed by atoms with Crippen molar-refractivity contribution in [3.63, 3.8) is 0 Å². The molecule has 17 heavy (non-hydrogen) atoms. The first-order valence-electron chi connectivity index (χ1n) is 6.27. The molecule has 2 atom stereocenters. The molecule has 0 radical (unpaired) electrons. The lowest BCUT2D eigenvalue weighted by molar-refractivity contribution is -0.122. The SMILES string of the molecule is CN(CCC(C)(N)C(N)=O)CC1CCCOC1. The molecule has 100 valence electrons. The molecule has 1 rings (SSSR count). The number of carbonyl (C=O) groups is 1. The van der Waals surface area contributed by atoms with Crippen molar-refractivity contribution < 1.29 is 9.53 Å². The molecular weight excluding hydrogens is 218 g/mol. The van der Waals surface area contributed by atoms with Crippen LogP contribution < -0.4 is 11.5 Å². The molecule has 1 aliphatic heterocycles. The quantitative estimate of drug-likeness (QED) is 0.684. The summed E-state index contributed by atoms with van der Waals surface area (Å²) in [6, 6.07) is 0. The van der Waals surface area contributed by atoms with Gasteiger partial charge in [-0.05, 0) is 39.2 Å². The maximum absolute atomic E-state index is 11.1. The summed E-state index contributed by atoms with van der Waals surface area (Å²) in [5, 5.41) is 0. The Morgan fingerprint density at radius 2 is 2.29 bits per heavy atom. The third-order valence-electron chi connectivity index (χ3n) is 3.40. The van der Waals surface area contributed by atoms with E-state index in [-0.39, 0.29) is 0 Å². The van der Waals surface area contributed by atoms with Gasteiger partial charge in [0.05, 0.1) is 12.1 Å². The van der Waals surface area contributed by atoms with E-state index in [1.165, 1.54) is 6.42 Å². The van der Waals surface area contributed by atoms with Crippen molar-refractivity contribution in [1.29, 1.82) is 0 Å². The van der Waals surface area contributed by atoms with E-state index in [4.69, 9.17) is 16.2 Å². The van der Waals surface area contributed by atoms with Crippen LogP contribution in [0.15, 0.2) is 0 Å². The van der Waals surface area contributed by atoms with Crippen molar-refractivity contribution in [3.8, 4) is 0 Å². The molecule has 0 aliphatic carbocycles. The highest BCUT2D eigenvalue weighted by molar-refractivity contribution is 5.83. The molecule has 0 aromatic carbocycles. The Morgan fingerprint density at radius 3 is 2.82 bits per heavy atom. The molecule has 1 saturated heterocycles. The fraction of sp³-hybridized carbons (Fsp3) is 0.917. The van der Waals surface area contributed by atoms with Gasteiger partial charge >= 0.3 is 0 Å². The van der Waals surface area contributed by atoms with Gasteiger partial charge in [0.2, 0.25) is 5.91 Å². The molecule has 4 N–H and O–H groups in total. The second-order valence-electron chi connectivity index (χ2n) is 5.38. The van der Waals surface area contributed by atoms with E-state index in [9.17, 15) is 4.79 Å². The van der Waals surface area contributed by atoms with Gasteiger partial charge in [0.1, 0.15) is 0 Å². The van der Waals surface area contributed by atoms with Gasteiger partial charge in [0, 0.05) is 19.7 Å². The molecule has 1 aliphatic rings. The number of hydrogen-bond acceptors (Lipinski definition) is 4. The highest BCUT2D eigenvalue weighted by Gasteiger charge is 2.26. The monoisotopic (exact) mass is 243 g/mol. The van der Waals surface area contributed by atoms with Crippen LogP contribution in [-0.4, -0.2) is 49.7 Å². The fourth-order valence-corrected chi connectivity index (χ4v) is 2.03. The summed E-state index contributed by atoms with van der Waals surface area (Å²) in [5.74, 6) is 0.165. The van der Waals surface area contributed by atoms with Gasteiger partial charge in [0.15, 0.2) is 0 Å². The molecule has 0 aromatic heterocycles. The summed E-state index contributed by atoms with van der Waals surface area (Å²) in [5.41, 5.74) is 10.1. The normalized spacial score (nSPS) is 24.6. The Hall–Kier alpha value is -0.650. The highest BCUT2D eigenvalue weighted by atomic mass is 16.5. The summed E-state index contributed by atoms with van der Waals surface area (Å²) < 4.78 is 5.44. The number of ether oxygens (including phenoxy) is 1. The molecule has 0 aromatic rings. The highest BCUT2D eigenvalue weighted by Crippen LogP contribution is 2.15. The zero-order chi connectivity index (χ0) is 12.9. The van der Waals surface area contributed by atoms with E-state index < -0.39 is 11.4 Å². The smallest absolute Gasteiger partial charge is 0.237 e. The van der Waals surface area contributed by atoms with Crippen LogP contribution in [0.3, 0.4) is 0 Å². The van der Waals surface area contributed by atoms with Crippen LogP contribution in [0, 0.1) is 5.92 Å². The Labute approximate surface area is 103 Å². The number of nitrogens with zero attached hydrogens (tertiary/aromatic N) is 1. The summed E-state index contributed by atoms with van der Waals surface area (Å²) in [6.45, 7) is 5.21. The largest absolute Gasteiger partial charge is 0.381 e. The van der Waals surface area contributed by atoms with E-state index in [0.29, 0.717) is 12.3 Å². The summed E-state index contributed by atoms with van der Waals surface area (Å²) >= 11 is 0. The predicted molar refractivity (Wildman–Crippen MR) is 67.4 cm³/mol. The third-order valence-corrected chi connectivity index (χ3v) is 3.40. The Morgan fingerprint density at radius 1 is 1.59 bits per heavy atom. The molecule has 5 nitrogen and oxygen atoms in total. The van der Waals surface area contributed by atoms with Gasteiger partial charge in [-0.3, -0.25) is 4.79 Å². The van der Waals surface area contributed by atoms with Gasteiger partial charge in [-0.25, -0.2) is 0 Å². The molecule has 1 amide bonds. The lowest BCUT2D eigenvalue weighted by Crippen LogP contribution is -2.51. The van der Waals surface area contributed by atoms with Crippen LogP contribution in [0.5, 0.6) is 0 Å². The van der Waals surface area contributed by atoms with Crippen molar-refractivity contribution in [2.75, 3.05) is 33.4 Å². The second kappa shape index (κ2) is 6.33. The maximum atomic E-state index is 11.1. The van der Waals surface area contributed by atoms with E-state index >= 15 is 0 Å². The van der Waals surface area contributed by atoms with E-state index in [1.807, 2.05) is 7.05 Å². The molecule has 2 unspecified atom stereocenters. The van der Waals surface area contributed by atoms with Crippen LogP contribution >= 0.6 is 0 Å². The van der Waals surface area contributed by atoms with Gasteiger partial charge in [-0.1, -0.05) is 0 Å². The molecule has 5 heteroatoms. The lowest BCUT2D eigenvalue weighted by atomic mass is 9.97.